The van der Waals surface area contributed by atoms with Crippen LogP contribution in [-0.2, 0) is 13.0 Å². The van der Waals surface area contributed by atoms with E-state index in [2.05, 4.69) is 70.6 Å². The van der Waals surface area contributed by atoms with Crippen LogP contribution in [0.5, 0.6) is 0 Å². The van der Waals surface area contributed by atoms with Crippen LogP contribution in [0.25, 0.3) is 17.7 Å². The molecular weight excluding hydrogens is 571 g/mol. The molecule has 0 radical (unpaired) electrons. The minimum atomic E-state index is -0.00695. The fraction of sp³-hybridized carbons (Fsp3) is 0.0968. The zero-order valence-corrected chi connectivity index (χ0v) is 22.4. The maximum absolute atomic E-state index is 13.2. The molecule has 0 unspecified atom stereocenters. The van der Waals surface area contributed by atoms with Gasteiger partial charge in [0.05, 0.1) is 18.0 Å². The van der Waals surface area contributed by atoms with Crippen molar-refractivity contribution in [2.24, 2.45) is 0 Å². The lowest BCUT2D eigenvalue weighted by atomic mass is 10.0. The highest BCUT2D eigenvalue weighted by Gasteiger charge is 2.23. The Bertz CT molecular complexity index is 1500. The number of nitrogens with one attached hydrogen (secondary N) is 1. The second-order valence-electron chi connectivity index (χ2n) is 8.91. The largest absolute Gasteiger partial charge is 0.332 e. The molecule has 1 aliphatic carbocycles. The summed E-state index contributed by atoms with van der Waals surface area (Å²) in [6.45, 7) is 5.17. The fourth-order valence-corrected chi connectivity index (χ4v) is 4.55. The SMILES string of the molecule is C=C(/C=C1/C=CC=CC1=N)c1ncc2c(n1)CN(C(=O)c1ccc(/C=C/c3ccc(I)cc3)cc1)CC2. The minimum Gasteiger partial charge on any atom is -0.332 e. The van der Waals surface area contributed by atoms with Crippen LogP contribution in [0.15, 0.2) is 97.3 Å². The van der Waals surface area contributed by atoms with Gasteiger partial charge in [0.1, 0.15) is 0 Å². The van der Waals surface area contributed by atoms with Crippen LogP contribution in [0.4, 0.5) is 0 Å². The van der Waals surface area contributed by atoms with Gasteiger partial charge in [0.15, 0.2) is 5.82 Å². The van der Waals surface area contributed by atoms with Crippen LogP contribution in [-0.4, -0.2) is 33.0 Å². The third-order valence-electron chi connectivity index (χ3n) is 6.31. The zero-order valence-electron chi connectivity index (χ0n) is 20.2. The van der Waals surface area contributed by atoms with Crippen molar-refractivity contribution in [3.8, 4) is 0 Å². The lowest BCUT2D eigenvalue weighted by molar-refractivity contribution is 0.0731. The number of hydrogen-bond donors (Lipinski definition) is 1. The van der Waals surface area contributed by atoms with E-state index in [9.17, 15) is 4.79 Å². The number of halogens is 1. The molecule has 0 fully saturated rings. The fourth-order valence-electron chi connectivity index (χ4n) is 4.19. The standard InChI is InChI=1S/C31H25IN4O/c1-21(18-25-4-2-3-5-28(25)33)30-34-19-26-16-17-36(20-29(26)35-30)31(37)24-12-8-22(9-13-24)6-7-23-10-14-27(32)15-11-23/h2-15,18-19,33H,1,16-17,20H2/b7-6+,25-18-,33-28?. The minimum absolute atomic E-state index is 0.00695. The summed E-state index contributed by atoms with van der Waals surface area (Å²) in [5, 5.41) is 8.06. The Morgan fingerprint density at radius 2 is 1.68 bits per heavy atom. The first-order valence-corrected chi connectivity index (χ1v) is 13.1. The Hall–Kier alpha value is -3.91. The van der Waals surface area contributed by atoms with Gasteiger partial charge in [-0.15, -0.1) is 0 Å². The number of nitrogens with zero attached hydrogens (tertiary/aromatic N) is 3. The molecule has 0 spiro atoms. The summed E-state index contributed by atoms with van der Waals surface area (Å²) in [6, 6.07) is 16.0. The Labute approximate surface area is 230 Å². The molecule has 2 aromatic carbocycles. The van der Waals surface area contributed by atoms with Gasteiger partial charge in [-0.25, -0.2) is 9.97 Å². The zero-order chi connectivity index (χ0) is 25.8. The molecule has 1 N–H and O–H groups in total. The van der Waals surface area contributed by atoms with Crippen LogP contribution in [0, 0.1) is 8.98 Å². The van der Waals surface area contributed by atoms with E-state index >= 15 is 0 Å². The van der Waals surface area contributed by atoms with Crippen molar-refractivity contribution >= 4 is 51.9 Å². The number of aromatic nitrogens is 2. The highest BCUT2D eigenvalue weighted by Crippen LogP contribution is 2.22. The van der Waals surface area contributed by atoms with Gasteiger partial charge in [0, 0.05) is 33.0 Å². The van der Waals surface area contributed by atoms with E-state index in [0.717, 1.165) is 28.0 Å². The quantitative estimate of drug-likeness (QED) is 0.269. The van der Waals surface area contributed by atoms with Crippen LogP contribution in [0.1, 0.15) is 38.6 Å². The number of allylic oxidation sites excluding steroid dienone is 7. The van der Waals surface area contributed by atoms with E-state index in [1.165, 1.54) is 3.57 Å². The summed E-state index contributed by atoms with van der Waals surface area (Å²) in [5.74, 6) is 0.507. The smallest absolute Gasteiger partial charge is 0.254 e. The maximum Gasteiger partial charge on any atom is 0.254 e. The molecule has 0 saturated carbocycles. The number of rotatable bonds is 5. The Balaban J connectivity index is 1.27. The molecule has 182 valence electrons. The molecule has 37 heavy (non-hydrogen) atoms. The molecule has 1 amide bonds. The molecule has 5 nitrogen and oxygen atoms in total. The predicted molar refractivity (Wildman–Crippen MR) is 158 cm³/mol. The van der Waals surface area contributed by atoms with Crippen LogP contribution < -0.4 is 0 Å². The van der Waals surface area contributed by atoms with Crippen LogP contribution >= 0.6 is 22.6 Å². The summed E-state index contributed by atoms with van der Waals surface area (Å²) in [7, 11) is 0. The van der Waals surface area contributed by atoms with E-state index in [1.54, 1.807) is 6.08 Å². The van der Waals surface area contributed by atoms with E-state index in [1.807, 2.05) is 59.7 Å². The number of fused-ring (bicyclic) bond motifs is 1. The lowest BCUT2D eigenvalue weighted by Gasteiger charge is -2.28. The third kappa shape index (κ3) is 5.91. The van der Waals surface area contributed by atoms with Gasteiger partial charge in [-0.3, -0.25) is 4.79 Å². The summed E-state index contributed by atoms with van der Waals surface area (Å²) in [6.07, 6.45) is 15.8. The predicted octanol–water partition coefficient (Wildman–Crippen LogP) is 6.54. The number of benzene rings is 2. The second kappa shape index (κ2) is 11.0. The van der Waals surface area contributed by atoms with Crippen molar-refractivity contribution in [3.63, 3.8) is 0 Å². The average Bonchev–Trinajstić information content (AvgIpc) is 2.93. The lowest BCUT2D eigenvalue weighted by Crippen LogP contribution is -2.36. The molecule has 0 bridgehead atoms. The maximum atomic E-state index is 13.2. The average molecular weight is 596 g/mol. The molecule has 2 aliphatic rings. The topological polar surface area (TPSA) is 69.9 Å². The molecule has 1 aliphatic heterocycles. The number of carbonyl (C=O) groups is 1. The monoisotopic (exact) mass is 596 g/mol. The Morgan fingerprint density at radius 1 is 1.00 bits per heavy atom. The van der Waals surface area contributed by atoms with Crippen molar-refractivity contribution < 1.29 is 4.79 Å². The number of hydrogen-bond acceptors (Lipinski definition) is 4. The van der Waals surface area contributed by atoms with Gasteiger partial charge >= 0.3 is 0 Å². The first-order chi connectivity index (χ1) is 18.0. The van der Waals surface area contributed by atoms with Gasteiger partial charge < -0.3 is 10.3 Å². The van der Waals surface area contributed by atoms with Crippen molar-refractivity contribution in [1.82, 2.24) is 14.9 Å². The summed E-state index contributed by atoms with van der Waals surface area (Å²) >= 11 is 2.30. The van der Waals surface area contributed by atoms with Crippen molar-refractivity contribution in [2.45, 2.75) is 13.0 Å². The van der Waals surface area contributed by atoms with Crippen molar-refractivity contribution in [2.75, 3.05) is 6.54 Å². The third-order valence-corrected chi connectivity index (χ3v) is 7.03. The van der Waals surface area contributed by atoms with Gasteiger partial charge in [-0.05, 0) is 82.1 Å². The molecular formula is C31H25IN4O. The van der Waals surface area contributed by atoms with Crippen molar-refractivity contribution in [1.29, 1.82) is 5.41 Å². The molecule has 0 atom stereocenters. The van der Waals surface area contributed by atoms with Gasteiger partial charge in [-0.1, -0.05) is 61.2 Å². The molecule has 5 rings (SSSR count). The van der Waals surface area contributed by atoms with Crippen LogP contribution in [0.2, 0.25) is 0 Å². The molecule has 1 aromatic heterocycles. The highest BCUT2D eigenvalue weighted by molar-refractivity contribution is 14.1. The van der Waals surface area contributed by atoms with Gasteiger partial charge in [0.25, 0.3) is 5.91 Å². The van der Waals surface area contributed by atoms with Gasteiger partial charge in [-0.2, -0.15) is 0 Å². The Kier molecular flexibility index (Phi) is 7.37. The normalized spacial score (nSPS) is 15.9. The van der Waals surface area contributed by atoms with Gasteiger partial charge in [0.2, 0.25) is 0 Å². The second-order valence-corrected chi connectivity index (χ2v) is 10.2. The van der Waals surface area contributed by atoms with Crippen molar-refractivity contribution in [3.05, 3.63) is 135 Å². The summed E-state index contributed by atoms with van der Waals surface area (Å²) in [4.78, 5) is 24.3. The summed E-state index contributed by atoms with van der Waals surface area (Å²) in [5.41, 5.74) is 6.57. The number of carbonyl (C=O) groups excluding carboxylic acids is 1. The van der Waals surface area contributed by atoms with E-state index in [-0.39, 0.29) is 5.91 Å². The Morgan fingerprint density at radius 3 is 2.38 bits per heavy atom. The molecule has 0 saturated heterocycles. The molecule has 2 heterocycles. The highest BCUT2D eigenvalue weighted by atomic mass is 127. The van der Waals surface area contributed by atoms with Crippen LogP contribution in [0.3, 0.4) is 0 Å². The van der Waals surface area contributed by atoms with E-state index in [4.69, 9.17) is 10.4 Å². The number of amides is 1. The van der Waals surface area contributed by atoms with E-state index < -0.39 is 0 Å². The first kappa shape index (κ1) is 24.8. The first-order valence-electron chi connectivity index (χ1n) is 12.0. The summed E-state index contributed by atoms with van der Waals surface area (Å²) < 4.78 is 1.21. The molecule has 6 heteroatoms. The molecule has 3 aromatic rings. The van der Waals surface area contributed by atoms with E-state index in [0.29, 0.717) is 42.2 Å².